The van der Waals surface area contributed by atoms with Crippen LogP contribution in [0.4, 0.5) is 0 Å². The first kappa shape index (κ1) is 15.6. The number of benzene rings is 1. The molecule has 1 saturated heterocycles. The maximum Gasteiger partial charge on any atom is 0.254 e. The van der Waals surface area contributed by atoms with E-state index in [1.54, 1.807) is 22.2 Å². The predicted octanol–water partition coefficient (Wildman–Crippen LogP) is 4.67. The van der Waals surface area contributed by atoms with Crippen molar-refractivity contribution in [1.29, 1.82) is 0 Å². The van der Waals surface area contributed by atoms with Crippen molar-refractivity contribution in [1.82, 2.24) is 14.7 Å². The Morgan fingerprint density at radius 2 is 2.08 bits per heavy atom. The van der Waals surface area contributed by atoms with E-state index in [-0.39, 0.29) is 11.9 Å². The fourth-order valence-electron chi connectivity index (χ4n) is 3.19. The Balaban J connectivity index is 1.56. The number of aromatic nitrogens is 2. The van der Waals surface area contributed by atoms with Crippen LogP contribution in [0.2, 0.25) is 0 Å². The van der Waals surface area contributed by atoms with E-state index in [2.05, 4.69) is 37.9 Å². The average molecular weight is 402 g/mol. The fourth-order valence-corrected chi connectivity index (χ4v) is 4.18. The second kappa shape index (κ2) is 6.53. The summed E-state index contributed by atoms with van der Waals surface area (Å²) in [6, 6.07) is 9.97. The van der Waals surface area contributed by atoms with Gasteiger partial charge in [-0.3, -0.25) is 4.79 Å². The molecule has 1 aromatic carbocycles. The number of thiophene rings is 1. The highest BCUT2D eigenvalue weighted by Gasteiger charge is 2.30. The van der Waals surface area contributed by atoms with Crippen LogP contribution in [-0.2, 0) is 0 Å². The molecular formula is C18H16BrN3OS. The SMILES string of the molecule is O=C(c1ccc(-n2cc(Br)cn2)cc1)N1CCCC1c1ccsc1. The third kappa shape index (κ3) is 2.91. The summed E-state index contributed by atoms with van der Waals surface area (Å²) in [6.45, 7) is 0.827. The molecule has 1 amide bonds. The number of amides is 1. The van der Waals surface area contributed by atoms with Crippen molar-refractivity contribution < 1.29 is 4.79 Å². The fraction of sp³-hybridized carbons (Fsp3) is 0.222. The molecule has 0 radical (unpaired) electrons. The Labute approximate surface area is 152 Å². The van der Waals surface area contributed by atoms with E-state index in [9.17, 15) is 4.79 Å². The third-order valence-electron chi connectivity index (χ3n) is 4.37. The molecule has 1 atom stereocenters. The van der Waals surface area contributed by atoms with Gasteiger partial charge in [0.25, 0.3) is 5.91 Å². The third-order valence-corrected chi connectivity index (χ3v) is 5.48. The van der Waals surface area contributed by atoms with Crippen LogP contribution in [0.15, 0.2) is 58.0 Å². The molecule has 4 nitrogen and oxygen atoms in total. The number of nitrogens with zero attached hydrogens (tertiary/aromatic N) is 3. The number of halogens is 1. The zero-order chi connectivity index (χ0) is 16.5. The highest BCUT2D eigenvalue weighted by molar-refractivity contribution is 9.10. The van der Waals surface area contributed by atoms with Gasteiger partial charge in [-0.2, -0.15) is 16.4 Å². The molecule has 0 spiro atoms. The Bertz CT molecular complexity index is 842. The van der Waals surface area contributed by atoms with Gasteiger partial charge in [-0.1, -0.05) is 0 Å². The summed E-state index contributed by atoms with van der Waals surface area (Å²) in [5.74, 6) is 0.108. The molecule has 0 aliphatic carbocycles. The molecule has 1 fully saturated rings. The van der Waals surface area contributed by atoms with Crippen LogP contribution in [0.5, 0.6) is 0 Å². The van der Waals surface area contributed by atoms with Crippen molar-refractivity contribution in [2.24, 2.45) is 0 Å². The van der Waals surface area contributed by atoms with Crippen molar-refractivity contribution in [2.75, 3.05) is 6.54 Å². The first-order valence-electron chi connectivity index (χ1n) is 7.86. The van der Waals surface area contributed by atoms with Gasteiger partial charge in [-0.05, 0) is 75.4 Å². The lowest BCUT2D eigenvalue weighted by molar-refractivity contribution is 0.0736. The molecule has 1 aliphatic heterocycles. The van der Waals surface area contributed by atoms with Crippen LogP contribution in [0.1, 0.15) is 34.8 Å². The Morgan fingerprint density at radius 3 is 2.75 bits per heavy atom. The van der Waals surface area contributed by atoms with Crippen LogP contribution in [0.3, 0.4) is 0 Å². The van der Waals surface area contributed by atoms with Crippen LogP contribution in [0, 0.1) is 0 Å². The normalized spacial score (nSPS) is 17.4. The number of rotatable bonds is 3. The Kier molecular flexibility index (Phi) is 4.24. The molecule has 2 aromatic heterocycles. The second-order valence-corrected chi connectivity index (χ2v) is 7.56. The first-order valence-corrected chi connectivity index (χ1v) is 9.59. The van der Waals surface area contributed by atoms with Gasteiger partial charge in [0.15, 0.2) is 0 Å². The number of carbonyl (C=O) groups excluding carboxylic acids is 1. The Hall–Kier alpha value is -1.92. The molecule has 0 saturated carbocycles. The van der Waals surface area contributed by atoms with Crippen LogP contribution >= 0.6 is 27.3 Å². The van der Waals surface area contributed by atoms with Crippen molar-refractivity contribution >= 4 is 33.2 Å². The highest BCUT2D eigenvalue weighted by atomic mass is 79.9. The summed E-state index contributed by atoms with van der Waals surface area (Å²) in [5.41, 5.74) is 2.92. The van der Waals surface area contributed by atoms with Crippen LogP contribution in [-0.4, -0.2) is 27.1 Å². The summed E-state index contributed by atoms with van der Waals surface area (Å²) in [7, 11) is 0. The van der Waals surface area contributed by atoms with Gasteiger partial charge in [-0.25, -0.2) is 4.68 Å². The standard InChI is InChI=1S/C18H16BrN3OS/c19-15-10-20-22(11-15)16-5-3-13(4-6-16)18(23)21-8-1-2-17(21)14-7-9-24-12-14/h3-7,9-12,17H,1-2,8H2. The van der Waals surface area contributed by atoms with Crippen molar-refractivity contribution in [3.63, 3.8) is 0 Å². The minimum atomic E-state index is 0.108. The van der Waals surface area contributed by atoms with Crippen molar-refractivity contribution in [3.05, 3.63) is 69.1 Å². The van der Waals surface area contributed by atoms with E-state index in [0.29, 0.717) is 0 Å². The Morgan fingerprint density at radius 1 is 1.25 bits per heavy atom. The average Bonchev–Trinajstić information content (AvgIpc) is 3.35. The lowest BCUT2D eigenvalue weighted by Crippen LogP contribution is -2.30. The van der Waals surface area contributed by atoms with Gasteiger partial charge in [0, 0.05) is 18.3 Å². The van der Waals surface area contributed by atoms with Gasteiger partial charge in [0.1, 0.15) is 0 Å². The molecule has 3 aromatic rings. The van der Waals surface area contributed by atoms with Gasteiger partial charge in [-0.15, -0.1) is 0 Å². The van der Waals surface area contributed by atoms with E-state index < -0.39 is 0 Å². The van der Waals surface area contributed by atoms with E-state index in [1.807, 2.05) is 35.4 Å². The predicted molar refractivity (Wildman–Crippen MR) is 98.6 cm³/mol. The van der Waals surface area contributed by atoms with Crippen LogP contribution in [0.25, 0.3) is 5.69 Å². The van der Waals surface area contributed by atoms with E-state index in [1.165, 1.54) is 5.56 Å². The summed E-state index contributed by atoms with van der Waals surface area (Å²) in [4.78, 5) is 14.9. The van der Waals surface area contributed by atoms with Gasteiger partial charge in [0.2, 0.25) is 0 Å². The molecule has 0 N–H and O–H groups in total. The highest BCUT2D eigenvalue weighted by Crippen LogP contribution is 2.34. The maximum absolute atomic E-state index is 12.9. The maximum atomic E-state index is 12.9. The van der Waals surface area contributed by atoms with E-state index >= 15 is 0 Å². The molecule has 6 heteroatoms. The zero-order valence-corrected chi connectivity index (χ0v) is 15.3. The molecular weight excluding hydrogens is 386 g/mol. The molecule has 1 unspecified atom stereocenters. The van der Waals surface area contributed by atoms with Gasteiger partial charge >= 0.3 is 0 Å². The lowest BCUT2D eigenvalue weighted by atomic mass is 10.1. The number of hydrogen-bond acceptors (Lipinski definition) is 3. The van der Waals surface area contributed by atoms with Gasteiger partial charge in [0.05, 0.1) is 22.4 Å². The number of hydrogen-bond donors (Lipinski definition) is 0. The number of carbonyl (C=O) groups is 1. The van der Waals surface area contributed by atoms with Crippen molar-refractivity contribution in [2.45, 2.75) is 18.9 Å². The minimum absolute atomic E-state index is 0.108. The molecule has 3 heterocycles. The quantitative estimate of drug-likeness (QED) is 0.639. The molecule has 0 bridgehead atoms. The van der Waals surface area contributed by atoms with Crippen molar-refractivity contribution in [3.8, 4) is 5.69 Å². The summed E-state index contributed by atoms with van der Waals surface area (Å²) in [6.07, 6.45) is 5.74. The zero-order valence-electron chi connectivity index (χ0n) is 12.9. The smallest absolute Gasteiger partial charge is 0.254 e. The summed E-state index contributed by atoms with van der Waals surface area (Å²) < 4.78 is 2.71. The van der Waals surface area contributed by atoms with E-state index in [4.69, 9.17) is 0 Å². The first-order chi connectivity index (χ1) is 11.7. The monoisotopic (exact) mass is 401 g/mol. The molecule has 4 rings (SSSR count). The largest absolute Gasteiger partial charge is 0.332 e. The van der Waals surface area contributed by atoms with E-state index in [0.717, 1.165) is 35.1 Å². The summed E-state index contributed by atoms with van der Waals surface area (Å²) in [5, 5.41) is 8.48. The topological polar surface area (TPSA) is 38.1 Å². The molecule has 122 valence electrons. The second-order valence-electron chi connectivity index (χ2n) is 5.86. The lowest BCUT2D eigenvalue weighted by Gasteiger charge is -2.24. The van der Waals surface area contributed by atoms with Crippen LogP contribution < -0.4 is 0 Å². The number of likely N-dealkylation sites (tertiary alicyclic amines) is 1. The van der Waals surface area contributed by atoms with Gasteiger partial charge < -0.3 is 4.90 Å². The molecule has 1 aliphatic rings. The minimum Gasteiger partial charge on any atom is -0.332 e. The summed E-state index contributed by atoms with van der Waals surface area (Å²) >= 11 is 5.08. The molecule has 24 heavy (non-hydrogen) atoms.